The van der Waals surface area contributed by atoms with E-state index in [9.17, 15) is 5.11 Å². The van der Waals surface area contributed by atoms with Crippen molar-refractivity contribution in [3.63, 3.8) is 0 Å². The second-order valence-electron chi connectivity index (χ2n) is 4.55. The smallest absolute Gasteiger partial charge is 0.0772 e. The maximum atomic E-state index is 9.25. The molecule has 0 aliphatic heterocycles. The Labute approximate surface area is 96.1 Å². The first-order chi connectivity index (χ1) is 7.70. The van der Waals surface area contributed by atoms with Crippen molar-refractivity contribution < 1.29 is 5.11 Å². The third-order valence-corrected chi connectivity index (χ3v) is 3.21. The van der Waals surface area contributed by atoms with Gasteiger partial charge in [-0.3, -0.25) is 4.98 Å². The van der Waals surface area contributed by atoms with Crippen LogP contribution in [0.4, 0.5) is 5.69 Å². The van der Waals surface area contributed by atoms with Gasteiger partial charge in [0.25, 0.3) is 0 Å². The van der Waals surface area contributed by atoms with Gasteiger partial charge in [-0.1, -0.05) is 0 Å². The number of nitrogens with two attached hydrogens (primary N) is 1. The first-order valence-electron chi connectivity index (χ1n) is 5.74. The van der Waals surface area contributed by atoms with Gasteiger partial charge in [0, 0.05) is 26.3 Å². The molecule has 0 atom stereocenters. The molecule has 16 heavy (non-hydrogen) atoms. The van der Waals surface area contributed by atoms with Crippen molar-refractivity contribution in [3.8, 4) is 0 Å². The number of hydrogen-bond acceptors (Lipinski definition) is 4. The van der Waals surface area contributed by atoms with Crippen molar-refractivity contribution >= 4 is 5.69 Å². The Morgan fingerprint density at radius 1 is 1.56 bits per heavy atom. The van der Waals surface area contributed by atoms with Crippen molar-refractivity contribution in [3.05, 3.63) is 24.0 Å². The van der Waals surface area contributed by atoms with Crippen LogP contribution in [-0.2, 0) is 6.54 Å². The first kappa shape index (κ1) is 11.4. The molecule has 0 spiro atoms. The zero-order chi connectivity index (χ0) is 11.5. The highest BCUT2D eigenvalue weighted by Crippen LogP contribution is 2.29. The summed E-state index contributed by atoms with van der Waals surface area (Å²) < 4.78 is 0. The summed E-state index contributed by atoms with van der Waals surface area (Å²) in [7, 11) is 2.06. The summed E-state index contributed by atoms with van der Waals surface area (Å²) in [6, 6.07) is 3.98. The molecule has 0 unspecified atom stereocenters. The molecule has 1 fully saturated rings. The Balaban J connectivity index is 1.99. The van der Waals surface area contributed by atoms with Gasteiger partial charge in [-0.25, -0.2) is 0 Å². The molecule has 1 aromatic heterocycles. The van der Waals surface area contributed by atoms with Crippen LogP contribution in [0, 0.1) is 5.92 Å². The number of aromatic nitrogens is 1. The maximum Gasteiger partial charge on any atom is 0.0772 e. The molecule has 1 heterocycles. The quantitative estimate of drug-likeness (QED) is 0.787. The van der Waals surface area contributed by atoms with E-state index in [4.69, 9.17) is 5.73 Å². The Kier molecular flexibility index (Phi) is 3.41. The van der Waals surface area contributed by atoms with Gasteiger partial charge in [0.2, 0.25) is 0 Å². The van der Waals surface area contributed by atoms with E-state index in [0.29, 0.717) is 12.5 Å². The molecule has 88 valence electrons. The molecule has 0 saturated heterocycles. The van der Waals surface area contributed by atoms with Gasteiger partial charge < -0.3 is 15.7 Å². The summed E-state index contributed by atoms with van der Waals surface area (Å²) in [4.78, 5) is 6.45. The number of aliphatic hydroxyl groups is 1. The molecule has 0 radical (unpaired) electrons. The minimum atomic E-state index is -0.0822. The van der Waals surface area contributed by atoms with E-state index in [1.165, 1.54) is 0 Å². The van der Waals surface area contributed by atoms with E-state index in [1.54, 1.807) is 6.20 Å². The van der Waals surface area contributed by atoms with Crippen LogP contribution in [0.25, 0.3) is 0 Å². The fourth-order valence-electron chi connectivity index (χ4n) is 2.27. The highest BCUT2D eigenvalue weighted by Gasteiger charge is 2.28. The van der Waals surface area contributed by atoms with Crippen LogP contribution in [0.2, 0.25) is 0 Å². The third kappa shape index (κ3) is 2.33. The Hall–Kier alpha value is -1.13. The predicted molar refractivity (Wildman–Crippen MR) is 64.1 cm³/mol. The molecule has 1 aliphatic carbocycles. The second kappa shape index (κ2) is 4.80. The number of hydrogen-bond donors (Lipinski definition) is 2. The van der Waals surface area contributed by atoms with Gasteiger partial charge in [0.15, 0.2) is 0 Å². The van der Waals surface area contributed by atoms with Crippen LogP contribution >= 0.6 is 0 Å². The summed E-state index contributed by atoms with van der Waals surface area (Å²) >= 11 is 0. The van der Waals surface area contributed by atoms with E-state index in [1.807, 2.05) is 12.1 Å². The normalized spacial score (nSPS) is 23.9. The fraction of sp³-hybridized carbons (Fsp3) is 0.583. The van der Waals surface area contributed by atoms with Crippen LogP contribution < -0.4 is 10.6 Å². The molecule has 3 N–H and O–H groups in total. The number of anilines is 1. The average molecular weight is 221 g/mol. The van der Waals surface area contributed by atoms with Crippen LogP contribution in [0.15, 0.2) is 18.3 Å². The molecule has 4 heteroatoms. The molecule has 1 aliphatic rings. The topological polar surface area (TPSA) is 62.4 Å². The monoisotopic (exact) mass is 221 g/mol. The third-order valence-electron chi connectivity index (χ3n) is 3.21. The average Bonchev–Trinajstić information content (AvgIpc) is 2.27. The van der Waals surface area contributed by atoms with Crippen molar-refractivity contribution in [1.82, 2.24) is 4.98 Å². The first-order valence-corrected chi connectivity index (χ1v) is 5.74. The molecule has 0 aromatic carbocycles. The molecular formula is C12H19N3O. The van der Waals surface area contributed by atoms with E-state index >= 15 is 0 Å². The number of pyridine rings is 1. The summed E-state index contributed by atoms with van der Waals surface area (Å²) in [5, 5.41) is 9.25. The molecule has 0 bridgehead atoms. The largest absolute Gasteiger partial charge is 0.393 e. The highest BCUT2D eigenvalue weighted by molar-refractivity contribution is 5.49. The van der Waals surface area contributed by atoms with Crippen molar-refractivity contribution in [1.29, 1.82) is 0 Å². The minimum absolute atomic E-state index is 0.0822. The lowest BCUT2D eigenvalue weighted by atomic mass is 9.82. The van der Waals surface area contributed by atoms with E-state index in [0.717, 1.165) is 30.8 Å². The number of aliphatic hydroxyl groups excluding tert-OH is 1. The van der Waals surface area contributed by atoms with Crippen molar-refractivity contribution in [2.45, 2.75) is 25.5 Å². The van der Waals surface area contributed by atoms with Crippen LogP contribution in [-0.4, -0.2) is 29.8 Å². The zero-order valence-corrected chi connectivity index (χ0v) is 9.63. The Bertz CT molecular complexity index is 350. The number of nitrogens with zero attached hydrogens (tertiary/aromatic N) is 2. The lowest BCUT2D eigenvalue weighted by Crippen LogP contribution is -2.37. The Morgan fingerprint density at radius 2 is 2.31 bits per heavy atom. The lowest BCUT2D eigenvalue weighted by molar-refractivity contribution is 0.0464. The molecular weight excluding hydrogens is 202 g/mol. The standard InChI is InChI=1S/C12H19N3O/c1-15(8-9-5-10(16)6-9)12-3-2-4-14-11(12)7-13/h2-4,9-10,16H,5-8,13H2,1H3. The summed E-state index contributed by atoms with van der Waals surface area (Å²) in [6.07, 6.45) is 3.53. The van der Waals surface area contributed by atoms with Crippen LogP contribution in [0.1, 0.15) is 18.5 Å². The van der Waals surface area contributed by atoms with Crippen molar-refractivity contribution in [2.75, 3.05) is 18.5 Å². The second-order valence-corrected chi connectivity index (χ2v) is 4.55. The summed E-state index contributed by atoms with van der Waals surface area (Å²) in [5.74, 6) is 0.603. The predicted octanol–water partition coefficient (Wildman–Crippen LogP) is 0.747. The molecule has 4 nitrogen and oxygen atoms in total. The summed E-state index contributed by atoms with van der Waals surface area (Å²) in [6.45, 7) is 1.43. The van der Waals surface area contributed by atoms with E-state index < -0.39 is 0 Å². The van der Waals surface area contributed by atoms with Crippen LogP contribution in [0.3, 0.4) is 0 Å². The van der Waals surface area contributed by atoms with Gasteiger partial charge in [-0.15, -0.1) is 0 Å². The minimum Gasteiger partial charge on any atom is -0.393 e. The van der Waals surface area contributed by atoms with Crippen LogP contribution in [0.5, 0.6) is 0 Å². The summed E-state index contributed by atoms with van der Waals surface area (Å²) in [5.41, 5.74) is 7.70. The fourth-order valence-corrected chi connectivity index (χ4v) is 2.27. The van der Waals surface area contributed by atoms with Gasteiger partial charge in [0.05, 0.1) is 17.5 Å². The molecule has 1 aromatic rings. The van der Waals surface area contributed by atoms with Gasteiger partial charge in [-0.2, -0.15) is 0 Å². The van der Waals surface area contributed by atoms with Gasteiger partial charge >= 0.3 is 0 Å². The van der Waals surface area contributed by atoms with Gasteiger partial charge in [-0.05, 0) is 30.9 Å². The van der Waals surface area contributed by atoms with E-state index in [2.05, 4.69) is 16.9 Å². The van der Waals surface area contributed by atoms with Gasteiger partial charge in [0.1, 0.15) is 0 Å². The molecule has 2 rings (SSSR count). The number of rotatable bonds is 4. The molecule has 1 saturated carbocycles. The van der Waals surface area contributed by atoms with E-state index in [-0.39, 0.29) is 6.10 Å². The highest BCUT2D eigenvalue weighted by atomic mass is 16.3. The SMILES string of the molecule is CN(CC1CC(O)C1)c1cccnc1CN. The lowest BCUT2D eigenvalue weighted by Gasteiger charge is -2.35. The van der Waals surface area contributed by atoms with Crippen molar-refractivity contribution in [2.24, 2.45) is 11.7 Å². The zero-order valence-electron chi connectivity index (χ0n) is 9.63. The Morgan fingerprint density at radius 3 is 2.94 bits per heavy atom. The maximum absolute atomic E-state index is 9.25. The molecule has 0 amide bonds.